The van der Waals surface area contributed by atoms with Crippen LogP contribution >= 0.6 is 11.6 Å². The third kappa shape index (κ3) is 7.26. The van der Waals surface area contributed by atoms with Gasteiger partial charge in [-0.15, -0.1) is 0 Å². The molecule has 0 aliphatic carbocycles. The summed E-state index contributed by atoms with van der Waals surface area (Å²) in [7, 11) is -3.10. The molecule has 0 aromatic heterocycles. The molecule has 1 aromatic carbocycles. The second-order valence-corrected chi connectivity index (χ2v) is 3.74. The van der Waals surface area contributed by atoms with Crippen molar-refractivity contribution in [3.05, 3.63) is 23.2 Å². The zero-order chi connectivity index (χ0) is 12.8. The molecule has 0 bridgehead atoms. The highest BCUT2D eigenvalue weighted by Crippen LogP contribution is 2.26. The molecular formula is C7H11ClN2O5S. The highest BCUT2D eigenvalue weighted by Gasteiger charge is 1.99. The van der Waals surface area contributed by atoms with Gasteiger partial charge in [-0.3, -0.25) is 14.9 Å². The molecule has 0 atom stereocenters. The number of nitrogens with one attached hydrogen (secondary N) is 1. The number of methoxy groups -OCH3 is 1. The molecule has 0 aliphatic heterocycles. The van der Waals surface area contributed by atoms with Crippen molar-refractivity contribution in [2.45, 2.75) is 0 Å². The molecule has 0 saturated heterocycles. The van der Waals surface area contributed by atoms with Crippen LogP contribution in [0.4, 0.5) is 5.69 Å². The van der Waals surface area contributed by atoms with E-state index in [2.05, 4.69) is 5.43 Å². The fourth-order valence-electron chi connectivity index (χ4n) is 0.756. The Kier molecular flexibility index (Phi) is 6.08. The Hall–Kier alpha value is -1.06. The van der Waals surface area contributed by atoms with Crippen molar-refractivity contribution in [3.63, 3.8) is 0 Å². The largest absolute Gasteiger partial charge is 0.495 e. The van der Waals surface area contributed by atoms with Crippen LogP contribution in [0.5, 0.6) is 5.75 Å². The van der Waals surface area contributed by atoms with Crippen molar-refractivity contribution in [1.29, 1.82) is 0 Å². The van der Waals surface area contributed by atoms with Crippen molar-refractivity contribution in [1.82, 2.24) is 0 Å². The topological polar surface area (TPSA) is 122 Å². The minimum atomic E-state index is -4.67. The van der Waals surface area contributed by atoms with Crippen molar-refractivity contribution < 1.29 is 22.3 Å². The smallest absolute Gasteiger partial charge is 0.394 e. The average Bonchev–Trinajstić information content (AvgIpc) is 2.15. The van der Waals surface area contributed by atoms with Crippen LogP contribution in [0.1, 0.15) is 0 Å². The van der Waals surface area contributed by atoms with E-state index in [9.17, 15) is 0 Å². The number of hydrogen-bond donors (Lipinski definition) is 4. The van der Waals surface area contributed by atoms with Crippen molar-refractivity contribution in [2.24, 2.45) is 5.84 Å². The van der Waals surface area contributed by atoms with Crippen LogP contribution in [-0.2, 0) is 10.4 Å². The predicted octanol–water partition coefficient (Wildman–Crippen LogP) is 0.981. The van der Waals surface area contributed by atoms with E-state index in [1.165, 1.54) is 0 Å². The first kappa shape index (κ1) is 14.9. The van der Waals surface area contributed by atoms with Gasteiger partial charge in [-0.2, -0.15) is 8.42 Å². The number of benzene rings is 1. The standard InChI is InChI=1S/C7H9ClN2O.H2O4S/c1-11-7-3-2-5(10-9)4-6(7)8;1-5(2,3)4/h2-4,10H,9H2,1H3;(H2,1,2,3,4). The summed E-state index contributed by atoms with van der Waals surface area (Å²) >= 11 is 5.79. The molecule has 0 fully saturated rings. The molecule has 0 unspecified atom stereocenters. The molecule has 1 rings (SSSR count). The zero-order valence-electron chi connectivity index (χ0n) is 8.21. The van der Waals surface area contributed by atoms with Gasteiger partial charge in [-0.25, -0.2) is 0 Å². The number of anilines is 1. The third-order valence-electron chi connectivity index (χ3n) is 1.32. The average molecular weight is 271 g/mol. The van der Waals surface area contributed by atoms with Gasteiger partial charge in [0.15, 0.2) is 0 Å². The van der Waals surface area contributed by atoms with E-state index < -0.39 is 10.4 Å². The second-order valence-electron chi connectivity index (χ2n) is 2.44. The third-order valence-corrected chi connectivity index (χ3v) is 1.61. The lowest BCUT2D eigenvalue weighted by Gasteiger charge is -2.04. The molecule has 1 aromatic rings. The van der Waals surface area contributed by atoms with E-state index >= 15 is 0 Å². The lowest BCUT2D eigenvalue weighted by molar-refractivity contribution is 0.381. The maximum atomic E-state index is 8.74. The lowest BCUT2D eigenvalue weighted by atomic mass is 10.3. The fraction of sp³-hybridized carbons (Fsp3) is 0.143. The Morgan fingerprint density at radius 2 is 1.94 bits per heavy atom. The van der Waals surface area contributed by atoms with Crippen LogP contribution in [0.2, 0.25) is 5.02 Å². The van der Waals surface area contributed by atoms with Crippen LogP contribution in [0.15, 0.2) is 18.2 Å². The van der Waals surface area contributed by atoms with Crippen LogP contribution in [-0.4, -0.2) is 24.6 Å². The van der Waals surface area contributed by atoms with Gasteiger partial charge in [-0.1, -0.05) is 11.6 Å². The van der Waals surface area contributed by atoms with Gasteiger partial charge in [-0.05, 0) is 18.2 Å². The van der Waals surface area contributed by atoms with Crippen molar-refractivity contribution >= 4 is 27.7 Å². The molecule has 0 heterocycles. The molecule has 92 valence electrons. The Labute approximate surface area is 97.7 Å². The van der Waals surface area contributed by atoms with E-state index in [0.717, 1.165) is 5.69 Å². The van der Waals surface area contributed by atoms with Crippen LogP contribution in [0.3, 0.4) is 0 Å². The second kappa shape index (κ2) is 6.51. The van der Waals surface area contributed by atoms with Gasteiger partial charge in [0.25, 0.3) is 0 Å². The highest BCUT2D eigenvalue weighted by molar-refractivity contribution is 7.79. The molecular weight excluding hydrogens is 260 g/mol. The minimum Gasteiger partial charge on any atom is -0.495 e. The molecule has 7 nitrogen and oxygen atoms in total. The summed E-state index contributed by atoms with van der Waals surface area (Å²) in [6, 6.07) is 5.22. The Bertz CT molecular complexity index is 428. The number of halogens is 1. The molecule has 0 amide bonds. The van der Waals surface area contributed by atoms with E-state index in [4.69, 9.17) is 39.7 Å². The summed E-state index contributed by atoms with van der Waals surface area (Å²) in [5, 5.41) is 0.544. The summed E-state index contributed by atoms with van der Waals surface area (Å²) in [5.74, 6) is 5.80. The fourth-order valence-corrected chi connectivity index (χ4v) is 1.01. The number of ether oxygens (including phenoxy) is 1. The number of hydrogen-bond acceptors (Lipinski definition) is 5. The van der Waals surface area contributed by atoms with Crippen LogP contribution in [0, 0.1) is 0 Å². The summed E-state index contributed by atoms with van der Waals surface area (Å²) in [6.07, 6.45) is 0. The lowest BCUT2D eigenvalue weighted by Crippen LogP contribution is -2.06. The van der Waals surface area contributed by atoms with Gasteiger partial charge < -0.3 is 10.2 Å². The Morgan fingerprint density at radius 3 is 2.25 bits per heavy atom. The minimum absolute atomic E-state index is 0.544. The molecule has 5 N–H and O–H groups in total. The molecule has 0 radical (unpaired) electrons. The first-order valence-corrected chi connectivity index (χ1v) is 5.55. The highest BCUT2D eigenvalue weighted by atomic mass is 35.5. The van der Waals surface area contributed by atoms with Gasteiger partial charge in [0.1, 0.15) is 5.75 Å². The SMILES string of the molecule is COc1ccc(NN)cc1Cl.O=S(=O)(O)O. The van der Waals surface area contributed by atoms with Gasteiger partial charge in [0.2, 0.25) is 0 Å². The molecule has 0 saturated carbocycles. The predicted molar refractivity (Wildman–Crippen MR) is 60.0 cm³/mol. The monoisotopic (exact) mass is 270 g/mol. The number of hydrazine groups is 1. The van der Waals surface area contributed by atoms with E-state index in [1.807, 2.05) is 0 Å². The van der Waals surface area contributed by atoms with Crippen molar-refractivity contribution in [2.75, 3.05) is 12.5 Å². The Morgan fingerprint density at radius 1 is 1.44 bits per heavy atom. The quantitative estimate of drug-likeness (QED) is 0.359. The summed E-state index contributed by atoms with van der Waals surface area (Å²) < 4.78 is 36.5. The summed E-state index contributed by atoms with van der Waals surface area (Å²) in [5.41, 5.74) is 3.24. The zero-order valence-corrected chi connectivity index (χ0v) is 9.79. The number of nitrogen functional groups attached to an aromatic ring is 1. The molecule has 0 aliphatic rings. The summed E-state index contributed by atoms with van der Waals surface area (Å²) in [6.45, 7) is 0. The van der Waals surface area contributed by atoms with Gasteiger partial charge in [0.05, 0.1) is 17.8 Å². The molecule has 0 spiro atoms. The van der Waals surface area contributed by atoms with Crippen LogP contribution in [0.25, 0.3) is 0 Å². The van der Waals surface area contributed by atoms with Gasteiger partial charge >= 0.3 is 10.4 Å². The van der Waals surface area contributed by atoms with Gasteiger partial charge in [0, 0.05) is 0 Å². The Balaban J connectivity index is 0.000000385. The maximum absolute atomic E-state index is 8.74. The number of nitrogens with two attached hydrogens (primary N) is 1. The summed E-state index contributed by atoms with van der Waals surface area (Å²) in [4.78, 5) is 0. The van der Waals surface area contributed by atoms with E-state index in [1.54, 1.807) is 25.3 Å². The van der Waals surface area contributed by atoms with E-state index in [-0.39, 0.29) is 0 Å². The number of rotatable bonds is 2. The van der Waals surface area contributed by atoms with E-state index in [0.29, 0.717) is 10.8 Å². The normalized spacial score (nSPS) is 10.1. The maximum Gasteiger partial charge on any atom is 0.394 e. The first-order chi connectivity index (χ1) is 7.27. The molecule has 9 heteroatoms. The van der Waals surface area contributed by atoms with Crippen molar-refractivity contribution in [3.8, 4) is 5.75 Å². The van der Waals surface area contributed by atoms with Crippen LogP contribution < -0.4 is 16.0 Å². The molecule has 16 heavy (non-hydrogen) atoms. The first-order valence-electron chi connectivity index (χ1n) is 3.78.